The van der Waals surface area contributed by atoms with Crippen LogP contribution in [0.15, 0.2) is 24.3 Å². The molecule has 0 saturated carbocycles. The van der Waals surface area contributed by atoms with Crippen molar-refractivity contribution in [2.24, 2.45) is 0 Å². The third-order valence-electron chi connectivity index (χ3n) is 3.71. The maximum Gasteiger partial charge on any atom is 0.377 e. The average Bonchev–Trinajstić information content (AvgIpc) is 2.46. The number of ketones is 1. The number of carboxylic acids is 1. The molecule has 5 heteroatoms. The van der Waals surface area contributed by atoms with Gasteiger partial charge in [-0.1, -0.05) is 12.1 Å². The van der Waals surface area contributed by atoms with E-state index in [9.17, 15) is 9.59 Å². The summed E-state index contributed by atoms with van der Waals surface area (Å²) in [6.07, 6.45) is 0. The SMILES string of the molecule is CC(C)N1CCN(c2cccc(C(=O)C(=O)O)c2)CC1. The van der Waals surface area contributed by atoms with Crippen LogP contribution in [0.1, 0.15) is 24.2 Å². The number of carboxylic acid groups (broad SMARTS) is 1. The van der Waals surface area contributed by atoms with E-state index in [1.165, 1.54) is 0 Å². The number of aliphatic carboxylic acids is 1. The van der Waals surface area contributed by atoms with E-state index >= 15 is 0 Å². The Morgan fingerprint density at radius 1 is 1.15 bits per heavy atom. The summed E-state index contributed by atoms with van der Waals surface area (Å²) < 4.78 is 0. The first-order valence-corrected chi connectivity index (χ1v) is 6.85. The molecule has 20 heavy (non-hydrogen) atoms. The number of carbonyl (C=O) groups excluding carboxylic acids is 1. The van der Waals surface area contributed by atoms with Crippen molar-refractivity contribution in [3.8, 4) is 0 Å². The molecule has 1 heterocycles. The Labute approximate surface area is 118 Å². The second kappa shape index (κ2) is 6.05. The third-order valence-corrected chi connectivity index (χ3v) is 3.71. The highest BCUT2D eigenvalue weighted by Crippen LogP contribution is 2.19. The van der Waals surface area contributed by atoms with Crippen molar-refractivity contribution in [2.75, 3.05) is 31.1 Å². The van der Waals surface area contributed by atoms with Gasteiger partial charge in [0.1, 0.15) is 0 Å². The fourth-order valence-electron chi connectivity index (χ4n) is 2.46. The van der Waals surface area contributed by atoms with E-state index in [4.69, 9.17) is 5.11 Å². The number of hydrogen-bond acceptors (Lipinski definition) is 4. The molecule has 1 fully saturated rings. The molecule has 0 aliphatic carbocycles. The number of anilines is 1. The lowest BCUT2D eigenvalue weighted by atomic mass is 10.1. The summed E-state index contributed by atoms with van der Waals surface area (Å²) >= 11 is 0. The largest absolute Gasteiger partial charge is 0.475 e. The summed E-state index contributed by atoms with van der Waals surface area (Å²) in [5.74, 6) is -2.26. The van der Waals surface area contributed by atoms with Crippen LogP contribution in [0.3, 0.4) is 0 Å². The summed E-state index contributed by atoms with van der Waals surface area (Å²) in [5.41, 5.74) is 1.15. The highest BCUT2D eigenvalue weighted by Gasteiger charge is 2.20. The molecule has 1 aromatic carbocycles. The fourth-order valence-corrected chi connectivity index (χ4v) is 2.46. The molecule has 0 radical (unpaired) electrons. The third kappa shape index (κ3) is 3.17. The molecule has 1 aromatic rings. The Morgan fingerprint density at radius 3 is 2.35 bits per heavy atom. The quantitative estimate of drug-likeness (QED) is 0.667. The second-order valence-corrected chi connectivity index (χ2v) is 5.30. The molecule has 0 aromatic heterocycles. The van der Waals surface area contributed by atoms with Crippen LogP contribution < -0.4 is 4.90 Å². The van der Waals surface area contributed by atoms with Crippen molar-refractivity contribution in [1.82, 2.24) is 4.90 Å². The predicted molar refractivity (Wildman–Crippen MR) is 77.3 cm³/mol. The van der Waals surface area contributed by atoms with Crippen LogP contribution >= 0.6 is 0 Å². The summed E-state index contributed by atoms with van der Waals surface area (Å²) in [4.78, 5) is 26.8. The van der Waals surface area contributed by atoms with Gasteiger partial charge >= 0.3 is 5.97 Å². The zero-order chi connectivity index (χ0) is 14.7. The van der Waals surface area contributed by atoms with Crippen molar-refractivity contribution < 1.29 is 14.7 Å². The molecule has 1 saturated heterocycles. The fraction of sp³-hybridized carbons (Fsp3) is 0.467. The molecule has 0 atom stereocenters. The Kier molecular flexibility index (Phi) is 4.39. The minimum absolute atomic E-state index is 0.237. The van der Waals surface area contributed by atoms with Gasteiger partial charge in [0.2, 0.25) is 0 Å². The molecule has 0 amide bonds. The van der Waals surface area contributed by atoms with Gasteiger partial charge in [0.15, 0.2) is 0 Å². The lowest BCUT2D eigenvalue weighted by Gasteiger charge is -2.38. The smallest absolute Gasteiger partial charge is 0.377 e. The standard InChI is InChI=1S/C15H20N2O3/c1-11(2)16-6-8-17(9-7-16)13-5-3-4-12(10-13)14(18)15(19)20/h3-5,10-11H,6-9H2,1-2H3,(H,19,20). The Bertz CT molecular complexity index is 506. The molecular weight excluding hydrogens is 256 g/mol. The van der Waals surface area contributed by atoms with Gasteiger partial charge in [0.05, 0.1) is 0 Å². The zero-order valence-corrected chi connectivity index (χ0v) is 11.9. The van der Waals surface area contributed by atoms with E-state index in [1.54, 1.807) is 18.2 Å². The van der Waals surface area contributed by atoms with Crippen LogP contribution in [0.4, 0.5) is 5.69 Å². The Hall–Kier alpha value is -1.88. The molecule has 0 bridgehead atoms. The van der Waals surface area contributed by atoms with E-state index in [0.717, 1.165) is 31.9 Å². The first-order valence-electron chi connectivity index (χ1n) is 6.85. The molecule has 0 unspecified atom stereocenters. The van der Waals surface area contributed by atoms with E-state index < -0.39 is 11.8 Å². The highest BCUT2D eigenvalue weighted by molar-refractivity contribution is 6.39. The number of benzene rings is 1. The summed E-state index contributed by atoms with van der Waals surface area (Å²) in [5, 5.41) is 8.76. The monoisotopic (exact) mass is 276 g/mol. The maximum absolute atomic E-state index is 11.5. The molecular formula is C15H20N2O3. The number of Topliss-reactive ketones (excluding diaryl/α,β-unsaturated/α-hetero) is 1. The average molecular weight is 276 g/mol. The van der Waals surface area contributed by atoms with Gasteiger partial charge in [-0.25, -0.2) is 4.79 Å². The van der Waals surface area contributed by atoms with E-state index in [1.807, 2.05) is 6.07 Å². The van der Waals surface area contributed by atoms with Gasteiger partial charge in [0.25, 0.3) is 5.78 Å². The van der Waals surface area contributed by atoms with Crippen molar-refractivity contribution in [3.63, 3.8) is 0 Å². The van der Waals surface area contributed by atoms with Gasteiger partial charge in [-0.3, -0.25) is 9.69 Å². The number of rotatable bonds is 4. The normalized spacial score (nSPS) is 16.4. The van der Waals surface area contributed by atoms with Gasteiger partial charge in [-0.05, 0) is 26.0 Å². The molecule has 1 aliphatic rings. The van der Waals surface area contributed by atoms with Crippen LogP contribution in [0.25, 0.3) is 0 Å². The topological polar surface area (TPSA) is 60.9 Å². The van der Waals surface area contributed by atoms with Crippen LogP contribution in [-0.4, -0.2) is 54.0 Å². The van der Waals surface area contributed by atoms with E-state index in [0.29, 0.717) is 6.04 Å². The molecule has 1 N–H and O–H groups in total. The lowest BCUT2D eigenvalue weighted by Crippen LogP contribution is -2.48. The maximum atomic E-state index is 11.5. The summed E-state index contributed by atoms with van der Waals surface area (Å²) in [6.45, 7) is 8.11. The van der Waals surface area contributed by atoms with Gasteiger partial charge in [0, 0.05) is 43.5 Å². The molecule has 108 valence electrons. The van der Waals surface area contributed by atoms with E-state index in [-0.39, 0.29) is 5.56 Å². The van der Waals surface area contributed by atoms with Gasteiger partial charge in [-0.15, -0.1) is 0 Å². The predicted octanol–water partition coefficient (Wildman–Crippen LogP) is 1.48. The zero-order valence-electron chi connectivity index (χ0n) is 11.9. The van der Waals surface area contributed by atoms with Crippen LogP contribution in [0.5, 0.6) is 0 Å². The van der Waals surface area contributed by atoms with E-state index in [2.05, 4.69) is 23.6 Å². The number of carbonyl (C=O) groups is 2. The molecule has 2 rings (SSSR count). The molecule has 5 nitrogen and oxygen atoms in total. The summed E-state index contributed by atoms with van der Waals surface area (Å²) in [6, 6.07) is 7.41. The van der Waals surface area contributed by atoms with Crippen LogP contribution in [0, 0.1) is 0 Å². The number of piperazine rings is 1. The van der Waals surface area contributed by atoms with Crippen molar-refractivity contribution in [2.45, 2.75) is 19.9 Å². The van der Waals surface area contributed by atoms with Crippen LogP contribution in [0.2, 0.25) is 0 Å². The second-order valence-electron chi connectivity index (χ2n) is 5.30. The Morgan fingerprint density at radius 2 is 1.80 bits per heavy atom. The summed E-state index contributed by atoms with van der Waals surface area (Å²) in [7, 11) is 0. The van der Waals surface area contributed by atoms with Crippen molar-refractivity contribution in [3.05, 3.63) is 29.8 Å². The van der Waals surface area contributed by atoms with Crippen LogP contribution in [-0.2, 0) is 4.79 Å². The number of nitrogens with zero attached hydrogens (tertiary/aromatic N) is 2. The van der Waals surface area contributed by atoms with Crippen molar-refractivity contribution >= 4 is 17.4 Å². The first-order chi connectivity index (χ1) is 9.49. The minimum Gasteiger partial charge on any atom is -0.475 e. The number of hydrogen-bond donors (Lipinski definition) is 1. The van der Waals surface area contributed by atoms with Gasteiger partial charge < -0.3 is 10.0 Å². The minimum atomic E-state index is -1.41. The van der Waals surface area contributed by atoms with Gasteiger partial charge in [-0.2, -0.15) is 0 Å². The highest BCUT2D eigenvalue weighted by atomic mass is 16.4. The first kappa shape index (κ1) is 14.5. The van der Waals surface area contributed by atoms with Crippen molar-refractivity contribution in [1.29, 1.82) is 0 Å². The Balaban J connectivity index is 2.09. The molecule has 1 aliphatic heterocycles. The molecule has 0 spiro atoms. The lowest BCUT2D eigenvalue weighted by molar-refractivity contribution is -0.131.